The van der Waals surface area contributed by atoms with E-state index in [1.54, 1.807) is 0 Å². The highest BCUT2D eigenvalue weighted by Crippen LogP contribution is 2.30. The van der Waals surface area contributed by atoms with E-state index >= 15 is 0 Å². The van der Waals surface area contributed by atoms with Crippen LogP contribution in [0.5, 0.6) is 0 Å². The maximum atomic E-state index is 11.2. The highest BCUT2D eigenvalue weighted by Gasteiger charge is 2.28. The Bertz CT molecular complexity index is 248. The van der Waals surface area contributed by atoms with E-state index in [1.807, 2.05) is 0 Å². The molecule has 0 radical (unpaired) electrons. The molecule has 1 aliphatic rings. The lowest BCUT2D eigenvalue weighted by Gasteiger charge is -2.28. The molecule has 0 aliphatic heterocycles. The van der Waals surface area contributed by atoms with Gasteiger partial charge < -0.3 is 11.1 Å². The molecule has 0 aromatic rings. The van der Waals surface area contributed by atoms with E-state index in [9.17, 15) is 14.4 Å². The average Bonchev–Trinajstić information content (AvgIpc) is 2.07. The third-order valence-electron chi connectivity index (χ3n) is 2.62. The number of amides is 2. The first-order valence-corrected chi connectivity index (χ1v) is 4.68. The SMILES string of the molecule is NC(=O)C(=O)C(CC1CCC1)NC=O. The standard InChI is InChI=1S/C9H14N2O3/c10-9(14)8(13)7(11-5-12)4-6-2-1-3-6/h5-7H,1-4H2,(H2,10,14)(H,11,12). The van der Waals surface area contributed by atoms with Crippen molar-refractivity contribution in [2.45, 2.75) is 31.7 Å². The summed E-state index contributed by atoms with van der Waals surface area (Å²) in [6.07, 6.45) is 4.24. The summed E-state index contributed by atoms with van der Waals surface area (Å²) in [4.78, 5) is 32.0. The van der Waals surface area contributed by atoms with Crippen molar-refractivity contribution in [1.82, 2.24) is 5.32 Å². The van der Waals surface area contributed by atoms with Gasteiger partial charge in [0.25, 0.3) is 5.91 Å². The number of hydrogen-bond acceptors (Lipinski definition) is 3. The van der Waals surface area contributed by atoms with Crippen LogP contribution in [-0.2, 0) is 14.4 Å². The molecule has 1 rings (SSSR count). The third kappa shape index (κ3) is 2.55. The fraction of sp³-hybridized carbons (Fsp3) is 0.667. The average molecular weight is 198 g/mol. The summed E-state index contributed by atoms with van der Waals surface area (Å²) >= 11 is 0. The highest BCUT2D eigenvalue weighted by atomic mass is 16.2. The zero-order chi connectivity index (χ0) is 10.6. The number of nitrogens with one attached hydrogen (secondary N) is 1. The topological polar surface area (TPSA) is 89.3 Å². The van der Waals surface area contributed by atoms with Gasteiger partial charge in [0.15, 0.2) is 0 Å². The second-order valence-corrected chi connectivity index (χ2v) is 3.60. The lowest BCUT2D eigenvalue weighted by atomic mass is 9.80. The monoisotopic (exact) mass is 198 g/mol. The quantitative estimate of drug-likeness (QED) is 0.439. The van der Waals surface area contributed by atoms with Crippen molar-refractivity contribution in [3.05, 3.63) is 0 Å². The molecule has 5 heteroatoms. The van der Waals surface area contributed by atoms with Crippen LogP contribution in [0.3, 0.4) is 0 Å². The lowest BCUT2D eigenvalue weighted by Crippen LogP contribution is -2.44. The molecule has 0 saturated heterocycles. The fourth-order valence-electron chi connectivity index (χ4n) is 1.57. The number of hydrogen-bond donors (Lipinski definition) is 2. The van der Waals surface area contributed by atoms with Gasteiger partial charge in [-0.3, -0.25) is 14.4 Å². The normalized spacial score (nSPS) is 18.0. The molecule has 0 heterocycles. The molecule has 1 unspecified atom stereocenters. The van der Waals surface area contributed by atoms with Gasteiger partial charge in [-0.05, 0) is 12.3 Å². The smallest absolute Gasteiger partial charge is 0.287 e. The minimum absolute atomic E-state index is 0.435. The van der Waals surface area contributed by atoms with Crippen LogP contribution in [0, 0.1) is 5.92 Å². The Balaban J connectivity index is 2.48. The summed E-state index contributed by atoms with van der Waals surface area (Å²) in [5.74, 6) is -1.25. The second-order valence-electron chi connectivity index (χ2n) is 3.60. The maximum absolute atomic E-state index is 11.2. The molecule has 1 saturated carbocycles. The molecule has 0 aromatic heterocycles. The second kappa shape index (κ2) is 4.74. The predicted octanol–water partition coefficient (Wildman–Crippen LogP) is -0.654. The van der Waals surface area contributed by atoms with Gasteiger partial charge in [0.1, 0.15) is 0 Å². The minimum atomic E-state index is -0.983. The first kappa shape index (κ1) is 10.7. The molecular formula is C9H14N2O3. The number of nitrogens with two attached hydrogens (primary N) is 1. The van der Waals surface area contributed by atoms with E-state index in [2.05, 4.69) is 5.32 Å². The van der Waals surface area contributed by atoms with Gasteiger partial charge in [0.05, 0.1) is 6.04 Å². The summed E-state index contributed by atoms with van der Waals surface area (Å²) in [6.45, 7) is 0. The zero-order valence-electron chi connectivity index (χ0n) is 7.86. The van der Waals surface area contributed by atoms with Crippen molar-refractivity contribution in [2.75, 3.05) is 0 Å². The first-order chi connectivity index (χ1) is 6.65. The van der Waals surface area contributed by atoms with E-state index in [1.165, 1.54) is 0 Å². The van der Waals surface area contributed by atoms with Gasteiger partial charge in [-0.15, -0.1) is 0 Å². The van der Waals surface area contributed by atoms with E-state index in [-0.39, 0.29) is 0 Å². The Morgan fingerprint density at radius 3 is 2.50 bits per heavy atom. The molecule has 5 nitrogen and oxygen atoms in total. The number of Topliss-reactive ketones (excluding diaryl/α,β-unsaturated/α-hetero) is 1. The molecule has 1 atom stereocenters. The highest BCUT2D eigenvalue weighted by molar-refractivity contribution is 6.37. The molecule has 3 N–H and O–H groups in total. The number of carbonyl (C=O) groups excluding carboxylic acids is 3. The summed E-state index contributed by atoms with van der Waals surface area (Å²) < 4.78 is 0. The Morgan fingerprint density at radius 1 is 1.50 bits per heavy atom. The van der Waals surface area contributed by atoms with Crippen molar-refractivity contribution in [1.29, 1.82) is 0 Å². The molecule has 1 aliphatic carbocycles. The molecule has 0 aromatic carbocycles. The van der Waals surface area contributed by atoms with Gasteiger partial charge in [-0.1, -0.05) is 19.3 Å². The van der Waals surface area contributed by atoms with Crippen molar-refractivity contribution in [3.8, 4) is 0 Å². The molecule has 78 valence electrons. The van der Waals surface area contributed by atoms with E-state index in [0.29, 0.717) is 18.7 Å². The molecule has 2 amide bonds. The number of carbonyl (C=O) groups is 3. The molecule has 0 bridgehead atoms. The van der Waals surface area contributed by atoms with Gasteiger partial charge in [0.2, 0.25) is 12.2 Å². The van der Waals surface area contributed by atoms with Gasteiger partial charge in [-0.2, -0.15) is 0 Å². The van der Waals surface area contributed by atoms with E-state index in [4.69, 9.17) is 5.73 Å². The van der Waals surface area contributed by atoms with Crippen LogP contribution in [-0.4, -0.2) is 24.1 Å². The fourth-order valence-corrected chi connectivity index (χ4v) is 1.57. The van der Waals surface area contributed by atoms with Gasteiger partial charge in [0, 0.05) is 0 Å². The molecule has 14 heavy (non-hydrogen) atoms. The van der Waals surface area contributed by atoms with E-state index in [0.717, 1.165) is 19.3 Å². The summed E-state index contributed by atoms with van der Waals surface area (Å²) in [5.41, 5.74) is 4.86. The number of ketones is 1. The van der Waals surface area contributed by atoms with Crippen molar-refractivity contribution in [2.24, 2.45) is 11.7 Å². The zero-order valence-corrected chi connectivity index (χ0v) is 7.86. The van der Waals surface area contributed by atoms with Crippen molar-refractivity contribution < 1.29 is 14.4 Å². The Morgan fingerprint density at radius 2 is 2.14 bits per heavy atom. The largest absolute Gasteiger partial charge is 0.363 e. The molecule has 1 fully saturated rings. The maximum Gasteiger partial charge on any atom is 0.287 e. The van der Waals surface area contributed by atoms with Crippen LogP contribution in [0.25, 0.3) is 0 Å². The van der Waals surface area contributed by atoms with Gasteiger partial charge >= 0.3 is 0 Å². The number of rotatable bonds is 6. The van der Waals surface area contributed by atoms with Crippen LogP contribution >= 0.6 is 0 Å². The van der Waals surface area contributed by atoms with Crippen LogP contribution in [0.15, 0.2) is 0 Å². The molecule has 0 spiro atoms. The minimum Gasteiger partial charge on any atom is -0.363 e. The van der Waals surface area contributed by atoms with Crippen LogP contribution in [0.1, 0.15) is 25.7 Å². The summed E-state index contributed by atoms with van der Waals surface area (Å²) in [6, 6.07) is -0.727. The summed E-state index contributed by atoms with van der Waals surface area (Å²) in [7, 11) is 0. The van der Waals surface area contributed by atoms with Crippen LogP contribution < -0.4 is 11.1 Å². The van der Waals surface area contributed by atoms with Gasteiger partial charge in [-0.25, -0.2) is 0 Å². The van der Waals surface area contributed by atoms with E-state index < -0.39 is 17.7 Å². The number of primary amides is 1. The summed E-state index contributed by atoms with van der Waals surface area (Å²) in [5, 5.41) is 2.33. The van der Waals surface area contributed by atoms with Crippen LogP contribution in [0.2, 0.25) is 0 Å². The van der Waals surface area contributed by atoms with Crippen LogP contribution in [0.4, 0.5) is 0 Å². The predicted molar refractivity (Wildman–Crippen MR) is 49.1 cm³/mol. The Labute approximate surface area is 82.0 Å². The Kier molecular flexibility index (Phi) is 3.62. The first-order valence-electron chi connectivity index (χ1n) is 4.68. The Hall–Kier alpha value is -1.39. The third-order valence-corrected chi connectivity index (χ3v) is 2.62. The van der Waals surface area contributed by atoms with Crippen molar-refractivity contribution in [3.63, 3.8) is 0 Å². The van der Waals surface area contributed by atoms with Crippen molar-refractivity contribution >= 4 is 18.1 Å². The molecular weight excluding hydrogens is 184 g/mol. The lowest BCUT2D eigenvalue weighted by molar-refractivity contribution is -0.138.